The van der Waals surface area contributed by atoms with Gasteiger partial charge in [0.05, 0.1) is 11.6 Å². The van der Waals surface area contributed by atoms with E-state index in [9.17, 15) is 4.79 Å². The molecule has 0 amide bonds. The molecule has 82 valence electrons. The summed E-state index contributed by atoms with van der Waals surface area (Å²) < 4.78 is 0. The number of nitrogens with zero attached hydrogens (tertiary/aromatic N) is 2. The minimum atomic E-state index is -1.07. The van der Waals surface area contributed by atoms with Crippen molar-refractivity contribution >= 4 is 5.97 Å². The van der Waals surface area contributed by atoms with Crippen molar-refractivity contribution in [3.8, 4) is 17.2 Å². The number of hydrogen-bond acceptors (Lipinski definition) is 3. The molecule has 1 aromatic heterocycles. The van der Waals surface area contributed by atoms with Crippen LogP contribution in [-0.4, -0.2) is 16.1 Å². The molecule has 2 rings (SSSR count). The van der Waals surface area contributed by atoms with Crippen LogP contribution in [0.4, 0.5) is 0 Å². The van der Waals surface area contributed by atoms with E-state index < -0.39 is 5.97 Å². The Morgan fingerprint density at radius 3 is 2.71 bits per heavy atom. The second-order valence-corrected chi connectivity index (χ2v) is 3.43. The summed E-state index contributed by atoms with van der Waals surface area (Å²) in [7, 11) is 0. The smallest absolute Gasteiger partial charge is 0.354 e. The average molecular weight is 224 g/mol. The molecule has 4 heteroatoms. The number of nitriles is 1. The molecule has 0 saturated heterocycles. The molecule has 1 aromatic carbocycles. The summed E-state index contributed by atoms with van der Waals surface area (Å²) >= 11 is 0. The molecule has 0 aliphatic rings. The zero-order chi connectivity index (χ0) is 12.3. The molecule has 1 heterocycles. The quantitative estimate of drug-likeness (QED) is 0.849. The van der Waals surface area contributed by atoms with Gasteiger partial charge in [-0.2, -0.15) is 5.26 Å². The molecule has 1 N–H and O–H groups in total. The predicted octanol–water partition coefficient (Wildman–Crippen LogP) is 2.32. The van der Waals surface area contributed by atoms with E-state index in [1.54, 1.807) is 24.3 Å². The van der Waals surface area contributed by atoms with Crippen LogP contribution in [0.5, 0.6) is 0 Å². The van der Waals surface area contributed by atoms with E-state index in [-0.39, 0.29) is 5.69 Å². The Bertz CT molecular complexity index is 615. The van der Waals surface area contributed by atoms with Gasteiger partial charge in [-0.3, -0.25) is 0 Å². The summed E-state index contributed by atoms with van der Waals surface area (Å²) in [6.45, 7) is 0. The molecule has 17 heavy (non-hydrogen) atoms. The first kappa shape index (κ1) is 10.8. The Hall–Kier alpha value is -2.67. The van der Waals surface area contributed by atoms with E-state index in [4.69, 9.17) is 10.4 Å². The molecule has 4 nitrogen and oxygen atoms in total. The Balaban J connectivity index is 2.49. The third-order valence-electron chi connectivity index (χ3n) is 2.30. The molecule has 0 saturated carbocycles. The van der Waals surface area contributed by atoms with Crippen LogP contribution >= 0.6 is 0 Å². The standard InChI is InChI=1S/C13H8N2O2/c14-8-9-2-1-3-10(6-9)11-4-5-15-12(7-11)13(16)17/h1-7H,(H,16,17). The van der Waals surface area contributed by atoms with Crippen molar-refractivity contribution in [1.82, 2.24) is 4.98 Å². The Labute approximate surface area is 97.8 Å². The first-order valence-electron chi connectivity index (χ1n) is 4.90. The van der Waals surface area contributed by atoms with Crippen LogP contribution in [0.3, 0.4) is 0 Å². The van der Waals surface area contributed by atoms with Crippen LogP contribution in [0.25, 0.3) is 11.1 Å². The maximum atomic E-state index is 10.8. The van der Waals surface area contributed by atoms with Gasteiger partial charge in [-0.15, -0.1) is 0 Å². The summed E-state index contributed by atoms with van der Waals surface area (Å²) in [5, 5.41) is 17.6. The molecular formula is C13H8N2O2. The highest BCUT2D eigenvalue weighted by Crippen LogP contribution is 2.20. The molecule has 0 radical (unpaired) electrons. The maximum Gasteiger partial charge on any atom is 0.354 e. The Kier molecular flexibility index (Phi) is 2.84. The number of carboxylic acids is 1. The lowest BCUT2D eigenvalue weighted by Gasteiger charge is -2.02. The number of aromatic nitrogens is 1. The summed E-state index contributed by atoms with van der Waals surface area (Å²) in [6, 6.07) is 12.2. The fraction of sp³-hybridized carbons (Fsp3) is 0. The Morgan fingerprint density at radius 1 is 1.24 bits per heavy atom. The monoisotopic (exact) mass is 224 g/mol. The highest BCUT2D eigenvalue weighted by molar-refractivity contribution is 5.87. The minimum Gasteiger partial charge on any atom is -0.477 e. The highest BCUT2D eigenvalue weighted by atomic mass is 16.4. The number of hydrogen-bond donors (Lipinski definition) is 1. The second-order valence-electron chi connectivity index (χ2n) is 3.43. The van der Waals surface area contributed by atoms with Crippen molar-refractivity contribution < 1.29 is 9.90 Å². The lowest BCUT2D eigenvalue weighted by molar-refractivity contribution is 0.0690. The summed E-state index contributed by atoms with van der Waals surface area (Å²) in [4.78, 5) is 14.5. The van der Waals surface area contributed by atoms with Crippen LogP contribution in [-0.2, 0) is 0 Å². The van der Waals surface area contributed by atoms with Gasteiger partial charge in [-0.25, -0.2) is 9.78 Å². The third-order valence-corrected chi connectivity index (χ3v) is 2.30. The number of benzene rings is 1. The first-order valence-corrected chi connectivity index (χ1v) is 4.90. The molecule has 0 atom stereocenters. The SMILES string of the molecule is N#Cc1cccc(-c2ccnc(C(=O)O)c2)c1. The molecule has 0 spiro atoms. The largest absolute Gasteiger partial charge is 0.477 e. The summed E-state index contributed by atoms with van der Waals surface area (Å²) in [5.41, 5.74) is 2.06. The molecule has 2 aromatic rings. The van der Waals surface area contributed by atoms with Crippen LogP contribution in [0, 0.1) is 11.3 Å². The topological polar surface area (TPSA) is 74.0 Å². The fourth-order valence-corrected chi connectivity index (χ4v) is 1.50. The molecular weight excluding hydrogens is 216 g/mol. The van der Waals surface area contributed by atoms with Gasteiger partial charge in [0.15, 0.2) is 0 Å². The number of carboxylic acid groups (broad SMARTS) is 1. The van der Waals surface area contributed by atoms with Crippen molar-refractivity contribution in [2.45, 2.75) is 0 Å². The third kappa shape index (κ3) is 2.29. The molecule has 0 aliphatic carbocycles. The van der Waals surface area contributed by atoms with Gasteiger partial charge in [0.25, 0.3) is 0 Å². The zero-order valence-electron chi connectivity index (χ0n) is 8.79. The van der Waals surface area contributed by atoms with E-state index in [1.807, 2.05) is 12.1 Å². The van der Waals surface area contributed by atoms with Crippen LogP contribution in [0.2, 0.25) is 0 Å². The molecule has 0 unspecified atom stereocenters. The number of aromatic carboxylic acids is 1. The van der Waals surface area contributed by atoms with Crippen molar-refractivity contribution in [1.29, 1.82) is 5.26 Å². The normalized spacial score (nSPS) is 9.59. The van der Waals surface area contributed by atoms with Crippen LogP contribution < -0.4 is 0 Å². The highest BCUT2D eigenvalue weighted by Gasteiger charge is 2.06. The van der Waals surface area contributed by atoms with Crippen molar-refractivity contribution in [2.75, 3.05) is 0 Å². The fourth-order valence-electron chi connectivity index (χ4n) is 1.50. The average Bonchev–Trinajstić information content (AvgIpc) is 2.39. The van der Waals surface area contributed by atoms with E-state index in [0.29, 0.717) is 5.56 Å². The van der Waals surface area contributed by atoms with E-state index in [0.717, 1.165) is 11.1 Å². The maximum absolute atomic E-state index is 10.8. The van der Waals surface area contributed by atoms with Gasteiger partial charge in [-0.1, -0.05) is 12.1 Å². The van der Waals surface area contributed by atoms with Gasteiger partial charge >= 0.3 is 5.97 Å². The number of pyridine rings is 1. The first-order chi connectivity index (χ1) is 8.20. The van der Waals surface area contributed by atoms with Gasteiger partial charge in [0, 0.05) is 6.20 Å². The number of carbonyl (C=O) groups is 1. The lowest BCUT2D eigenvalue weighted by atomic mass is 10.0. The van der Waals surface area contributed by atoms with E-state index in [1.165, 1.54) is 12.3 Å². The number of rotatable bonds is 2. The lowest BCUT2D eigenvalue weighted by Crippen LogP contribution is -1.99. The predicted molar refractivity (Wildman–Crippen MR) is 61.3 cm³/mol. The van der Waals surface area contributed by atoms with Crippen molar-refractivity contribution in [2.24, 2.45) is 0 Å². The molecule has 0 bridgehead atoms. The van der Waals surface area contributed by atoms with Gasteiger partial charge in [-0.05, 0) is 35.4 Å². The van der Waals surface area contributed by atoms with E-state index >= 15 is 0 Å². The minimum absolute atomic E-state index is 0.00939. The zero-order valence-corrected chi connectivity index (χ0v) is 8.79. The second kappa shape index (κ2) is 4.45. The van der Waals surface area contributed by atoms with Crippen molar-refractivity contribution in [3.05, 3.63) is 53.9 Å². The van der Waals surface area contributed by atoms with Gasteiger partial charge in [0.2, 0.25) is 0 Å². The summed E-state index contributed by atoms with van der Waals surface area (Å²) in [5.74, 6) is -1.07. The van der Waals surface area contributed by atoms with E-state index in [2.05, 4.69) is 4.98 Å². The van der Waals surface area contributed by atoms with Gasteiger partial charge in [0.1, 0.15) is 5.69 Å². The molecule has 0 aliphatic heterocycles. The summed E-state index contributed by atoms with van der Waals surface area (Å²) in [6.07, 6.45) is 1.44. The van der Waals surface area contributed by atoms with Gasteiger partial charge < -0.3 is 5.11 Å². The Morgan fingerprint density at radius 2 is 2.00 bits per heavy atom. The van der Waals surface area contributed by atoms with Crippen LogP contribution in [0.1, 0.15) is 16.1 Å². The molecule has 0 fully saturated rings. The van der Waals surface area contributed by atoms with Crippen LogP contribution in [0.15, 0.2) is 42.6 Å². The van der Waals surface area contributed by atoms with Crippen molar-refractivity contribution in [3.63, 3.8) is 0 Å².